The van der Waals surface area contributed by atoms with Crippen LogP contribution in [0.4, 0.5) is 4.39 Å². The molecule has 0 saturated carbocycles. The van der Waals surface area contributed by atoms with E-state index in [9.17, 15) is 4.39 Å². The summed E-state index contributed by atoms with van der Waals surface area (Å²) < 4.78 is 14.8. The van der Waals surface area contributed by atoms with Gasteiger partial charge in [0, 0.05) is 18.3 Å². The van der Waals surface area contributed by atoms with Gasteiger partial charge in [-0.25, -0.2) is 9.55 Å². The van der Waals surface area contributed by atoms with E-state index in [2.05, 4.69) is 4.98 Å². The molecule has 0 aliphatic rings. The highest BCUT2D eigenvalue weighted by atomic mass is 19.1. The fourth-order valence-corrected chi connectivity index (χ4v) is 1.59. The van der Waals surface area contributed by atoms with E-state index < -0.39 is 5.95 Å². The average Bonchev–Trinajstić information content (AvgIpc) is 2.20. The van der Waals surface area contributed by atoms with E-state index in [0.29, 0.717) is 0 Å². The molecule has 0 atom stereocenters. The minimum absolute atomic E-state index is 0.435. The minimum Gasteiger partial charge on any atom is -0.227 e. The molecule has 0 amide bonds. The minimum atomic E-state index is -0.435. The molecule has 0 aromatic carbocycles. The Morgan fingerprint density at radius 2 is 2.13 bits per heavy atom. The molecule has 0 saturated heterocycles. The first kappa shape index (κ1) is 9.77. The molecule has 2 rings (SSSR count). The Balaban J connectivity index is 2.60. The van der Waals surface area contributed by atoms with Crippen molar-refractivity contribution in [1.82, 2.24) is 4.98 Å². The van der Waals surface area contributed by atoms with Crippen LogP contribution in [-0.2, 0) is 7.05 Å². The number of aryl methyl sites for hydroxylation is 2. The zero-order valence-electron chi connectivity index (χ0n) is 8.74. The zero-order chi connectivity index (χ0) is 10.8. The van der Waals surface area contributed by atoms with E-state index >= 15 is 0 Å². The van der Waals surface area contributed by atoms with Crippen LogP contribution in [0.5, 0.6) is 0 Å². The molecule has 2 aromatic heterocycles. The Labute approximate surface area is 88.0 Å². The molecular weight excluding hydrogens is 191 g/mol. The van der Waals surface area contributed by atoms with Crippen molar-refractivity contribution in [3.63, 3.8) is 0 Å². The van der Waals surface area contributed by atoms with E-state index in [1.165, 1.54) is 6.07 Å². The van der Waals surface area contributed by atoms with Crippen LogP contribution in [-0.4, -0.2) is 4.98 Å². The monoisotopic (exact) mass is 203 g/mol. The number of hydrogen-bond donors (Lipinski definition) is 0. The predicted octanol–water partition coefficient (Wildman–Crippen LogP) is 2.02. The van der Waals surface area contributed by atoms with Crippen LogP contribution < -0.4 is 4.57 Å². The van der Waals surface area contributed by atoms with Crippen molar-refractivity contribution in [3.8, 4) is 11.3 Å². The first-order chi connectivity index (χ1) is 7.18. The molecule has 2 heterocycles. The molecule has 76 valence electrons. The number of halogens is 1. The third kappa shape index (κ3) is 1.86. The summed E-state index contributed by atoms with van der Waals surface area (Å²) in [4.78, 5) is 3.68. The molecule has 0 fully saturated rings. The Hall–Kier alpha value is -1.77. The van der Waals surface area contributed by atoms with E-state index in [1.807, 2.05) is 42.9 Å². The largest absolute Gasteiger partial charge is 0.227 e. The predicted molar refractivity (Wildman–Crippen MR) is 55.5 cm³/mol. The highest BCUT2D eigenvalue weighted by Gasteiger charge is 2.11. The molecule has 0 radical (unpaired) electrons. The molecule has 0 aliphatic heterocycles. The third-order valence-electron chi connectivity index (χ3n) is 2.41. The van der Waals surface area contributed by atoms with Crippen LogP contribution in [0.25, 0.3) is 11.3 Å². The number of aromatic nitrogens is 2. The van der Waals surface area contributed by atoms with Gasteiger partial charge in [0.05, 0.1) is 5.56 Å². The van der Waals surface area contributed by atoms with Gasteiger partial charge in [-0.1, -0.05) is 0 Å². The van der Waals surface area contributed by atoms with Crippen LogP contribution >= 0.6 is 0 Å². The van der Waals surface area contributed by atoms with Crippen molar-refractivity contribution in [3.05, 3.63) is 48.2 Å². The molecule has 2 aromatic rings. The van der Waals surface area contributed by atoms with Gasteiger partial charge in [-0.2, -0.15) is 4.39 Å². The van der Waals surface area contributed by atoms with E-state index in [1.54, 1.807) is 6.20 Å². The Bertz CT molecular complexity index is 495. The smallest absolute Gasteiger partial charge is 0.214 e. The fourth-order valence-electron chi connectivity index (χ4n) is 1.59. The van der Waals surface area contributed by atoms with Gasteiger partial charge in [0.1, 0.15) is 7.05 Å². The zero-order valence-corrected chi connectivity index (χ0v) is 8.74. The Morgan fingerprint density at radius 3 is 2.80 bits per heavy atom. The Kier molecular flexibility index (Phi) is 2.46. The maximum absolute atomic E-state index is 12.8. The van der Waals surface area contributed by atoms with E-state index in [-0.39, 0.29) is 0 Å². The Morgan fingerprint density at radius 1 is 1.33 bits per heavy atom. The van der Waals surface area contributed by atoms with E-state index in [0.717, 1.165) is 16.8 Å². The van der Waals surface area contributed by atoms with E-state index in [4.69, 9.17) is 0 Å². The molecule has 0 spiro atoms. The number of hydrogen-bond acceptors (Lipinski definition) is 1. The van der Waals surface area contributed by atoms with Gasteiger partial charge in [0.25, 0.3) is 0 Å². The summed E-state index contributed by atoms with van der Waals surface area (Å²) in [5, 5.41) is 0. The molecule has 3 heteroatoms. The lowest BCUT2D eigenvalue weighted by Crippen LogP contribution is -2.30. The molecule has 2 nitrogen and oxygen atoms in total. The van der Waals surface area contributed by atoms with Crippen LogP contribution in [0.15, 0.2) is 36.7 Å². The van der Waals surface area contributed by atoms with Gasteiger partial charge >= 0.3 is 0 Å². The summed E-state index contributed by atoms with van der Waals surface area (Å²) in [5.41, 5.74) is 2.88. The van der Waals surface area contributed by atoms with Crippen molar-refractivity contribution in [2.45, 2.75) is 6.92 Å². The summed E-state index contributed by atoms with van der Waals surface area (Å²) in [6, 6.07) is 7.35. The quantitative estimate of drug-likeness (QED) is 0.512. The molecule has 0 aliphatic carbocycles. The van der Waals surface area contributed by atoms with Gasteiger partial charge in [0.15, 0.2) is 6.20 Å². The molecule has 0 bridgehead atoms. The fraction of sp³-hybridized carbons (Fsp3) is 0.167. The lowest BCUT2D eigenvalue weighted by atomic mass is 10.1. The molecular formula is C12H12FN2+. The van der Waals surface area contributed by atoms with Crippen LogP contribution in [0.3, 0.4) is 0 Å². The number of rotatable bonds is 1. The van der Waals surface area contributed by atoms with Gasteiger partial charge in [0.2, 0.25) is 11.6 Å². The molecule has 0 N–H and O–H groups in total. The lowest BCUT2D eigenvalue weighted by Gasteiger charge is -2.02. The van der Waals surface area contributed by atoms with Gasteiger partial charge in [-0.3, -0.25) is 0 Å². The van der Waals surface area contributed by atoms with Crippen molar-refractivity contribution in [1.29, 1.82) is 0 Å². The lowest BCUT2D eigenvalue weighted by molar-refractivity contribution is -0.660. The van der Waals surface area contributed by atoms with Crippen LogP contribution in [0, 0.1) is 12.9 Å². The van der Waals surface area contributed by atoms with Crippen molar-refractivity contribution in [2.24, 2.45) is 7.05 Å². The van der Waals surface area contributed by atoms with Crippen LogP contribution in [0.1, 0.15) is 5.56 Å². The summed E-state index contributed by atoms with van der Waals surface area (Å²) in [6.07, 6.45) is 3.53. The van der Waals surface area contributed by atoms with Gasteiger partial charge < -0.3 is 0 Å². The number of nitrogens with zero attached hydrogens (tertiary/aromatic N) is 2. The second kappa shape index (κ2) is 3.77. The highest BCUT2D eigenvalue weighted by Crippen LogP contribution is 2.18. The number of pyridine rings is 2. The normalized spacial score (nSPS) is 10.3. The topological polar surface area (TPSA) is 16.8 Å². The van der Waals surface area contributed by atoms with Crippen LogP contribution in [0.2, 0.25) is 0 Å². The third-order valence-corrected chi connectivity index (χ3v) is 2.41. The van der Waals surface area contributed by atoms with Crippen molar-refractivity contribution in [2.75, 3.05) is 0 Å². The SMILES string of the molecule is Cc1cc(F)ncc1-c1cccc[n+]1C. The first-order valence-electron chi connectivity index (χ1n) is 4.75. The van der Waals surface area contributed by atoms with Crippen molar-refractivity contribution < 1.29 is 8.96 Å². The van der Waals surface area contributed by atoms with Gasteiger partial charge in [-0.15, -0.1) is 0 Å². The second-order valence-electron chi connectivity index (χ2n) is 3.52. The highest BCUT2D eigenvalue weighted by molar-refractivity contribution is 5.59. The average molecular weight is 203 g/mol. The molecule has 0 unspecified atom stereocenters. The second-order valence-corrected chi connectivity index (χ2v) is 3.52. The maximum atomic E-state index is 12.8. The summed E-state index contributed by atoms with van der Waals surface area (Å²) >= 11 is 0. The summed E-state index contributed by atoms with van der Waals surface area (Å²) in [6.45, 7) is 1.88. The maximum Gasteiger partial charge on any atom is 0.214 e. The van der Waals surface area contributed by atoms with Gasteiger partial charge in [-0.05, 0) is 24.6 Å². The standard InChI is InChI=1S/C12H12FN2/c1-9-7-12(13)14-8-10(9)11-5-3-4-6-15(11)2/h3-8H,1-2H3/q+1. The molecule has 15 heavy (non-hydrogen) atoms. The van der Waals surface area contributed by atoms with Crippen molar-refractivity contribution >= 4 is 0 Å². The first-order valence-corrected chi connectivity index (χ1v) is 4.75. The summed E-state index contributed by atoms with van der Waals surface area (Å²) in [7, 11) is 1.96. The summed E-state index contributed by atoms with van der Waals surface area (Å²) in [5.74, 6) is -0.435.